The highest BCUT2D eigenvalue weighted by molar-refractivity contribution is 7.93. The molecule has 146 valence electrons. The maximum Gasteiger partial charge on any atom is 0.165 e. The summed E-state index contributed by atoms with van der Waals surface area (Å²) >= 11 is 1.79. The van der Waals surface area contributed by atoms with E-state index in [0.717, 1.165) is 16.9 Å². The van der Waals surface area contributed by atoms with E-state index in [1.165, 1.54) is 33.2 Å². The van der Waals surface area contributed by atoms with E-state index >= 15 is 0 Å². The third kappa shape index (κ3) is 2.54. The van der Waals surface area contributed by atoms with Crippen molar-refractivity contribution in [1.29, 1.82) is 5.41 Å². The molecule has 2 fully saturated rings. The van der Waals surface area contributed by atoms with Crippen molar-refractivity contribution in [2.24, 2.45) is 0 Å². The van der Waals surface area contributed by atoms with Gasteiger partial charge in [-0.25, -0.2) is 8.42 Å². The Bertz CT molecular complexity index is 1250. The minimum Gasteiger partial charge on any atom is -0.362 e. The highest BCUT2D eigenvalue weighted by Gasteiger charge is 2.50. The van der Waals surface area contributed by atoms with E-state index in [-0.39, 0.29) is 11.6 Å². The van der Waals surface area contributed by atoms with Gasteiger partial charge in [-0.05, 0) is 68.9 Å². The zero-order valence-corrected chi connectivity index (χ0v) is 17.9. The molecule has 0 bridgehead atoms. The molecule has 1 saturated carbocycles. The van der Waals surface area contributed by atoms with Crippen molar-refractivity contribution in [3.8, 4) is 0 Å². The molecule has 28 heavy (non-hydrogen) atoms. The summed E-state index contributed by atoms with van der Waals surface area (Å²) in [6, 6.07) is 13.0. The number of rotatable bonds is 2. The lowest BCUT2D eigenvalue weighted by Crippen LogP contribution is -2.63. The second-order valence-corrected chi connectivity index (χ2v) is 12.6. The van der Waals surface area contributed by atoms with E-state index in [0.29, 0.717) is 0 Å². The van der Waals surface area contributed by atoms with Crippen LogP contribution in [0.4, 0.5) is 0 Å². The van der Waals surface area contributed by atoms with Gasteiger partial charge in [0.1, 0.15) is 10.6 Å². The van der Waals surface area contributed by atoms with E-state index in [2.05, 4.69) is 35.6 Å². The minimum atomic E-state index is -3.44. The fourth-order valence-electron chi connectivity index (χ4n) is 4.14. The first kappa shape index (κ1) is 18.1. The zero-order chi connectivity index (χ0) is 19.9. The van der Waals surface area contributed by atoms with Gasteiger partial charge < -0.3 is 5.32 Å². The Kier molecular flexibility index (Phi) is 3.61. The number of hydrogen-bond acceptors (Lipinski definition) is 4. The van der Waals surface area contributed by atoms with Crippen LogP contribution in [0.25, 0.3) is 20.2 Å². The van der Waals surface area contributed by atoms with Crippen molar-refractivity contribution >= 4 is 47.2 Å². The number of benzene rings is 2. The summed E-state index contributed by atoms with van der Waals surface area (Å²) in [6.45, 7) is 5.09. The Hall–Kier alpha value is -1.92. The van der Waals surface area contributed by atoms with Gasteiger partial charge in [0.05, 0.1) is 11.3 Å². The Morgan fingerprint density at radius 3 is 2.46 bits per heavy atom. The van der Waals surface area contributed by atoms with Crippen LogP contribution in [-0.4, -0.2) is 24.8 Å². The van der Waals surface area contributed by atoms with E-state index < -0.39 is 20.1 Å². The summed E-state index contributed by atoms with van der Waals surface area (Å²) in [5.41, 5.74) is 1.54. The molecule has 0 unspecified atom stereocenters. The van der Waals surface area contributed by atoms with Gasteiger partial charge in [-0.2, -0.15) is 0 Å². The molecule has 5 rings (SSSR count). The van der Waals surface area contributed by atoms with Crippen LogP contribution in [0.5, 0.6) is 0 Å². The van der Waals surface area contributed by atoms with Gasteiger partial charge in [0.15, 0.2) is 9.84 Å². The predicted molar refractivity (Wildman–Crippen MR) is 117 cm³/mol. The predicted octanol–water partition coefficient (Wildman–Crippen LogP) is 4.92. The normalized spacial score (nSPS) is 26.5. The van der Waals surface area contributed by atoms with Gasteiger partial charge in [-0.1, -0.05) is 18.2 Å². The number of nitrogens with one attached hydrogen (secondary N) is 2. The number of sulfone groups is 1. The third-order valence-corrected chi connectivity index (χ3v) is 10.3. The quantitative estimate of drug-likeness (QED) is 0.627. The molecule has 2 aromatic carbocycles. The molecular weight excluding hydrogens is 388 g/mol. The van der Waals surface area contributed by atoms with Crippen molar-refractivity contribution in [3.63, 3.8) is 0 Å². The molecule has 1 saturated heterocycles. The van der Waals surface area contributed by atoms with Crippen molar-refractivity contribution in [1.82, 2.24) is 5.32 Å². The van der Waals surface area contributed by atoms with Gasteiger partial charge in [0.25, 0.3) is 0 Å². The zero-order valence-electron chi connectivity index (χ0n) is 16.3. The molecule has 2 N–H and O–H groups in total. The van der Waals surface area contributed by atoms with Crippen LogP contribution >= 0.6 is 11.3 Å². The van der Waals surface area contributed by atoms with Crippen LogP contribution in [0.1, 0.15) is 50.7 Å². The second kappa shape index (κ2) is 5.57. The SMILES string of the molecule is CC1(C)C(=N)N[C@](C)(c2ccc3sc4cc(C5CC5)ccc4c3c2)CS1(=O)=O. The van der Waals surface area contributed by atoms with Crippen LogP contribution in [0, 0.1) is 5.41 Å². The fourth-order valence-corrected chi connectivity index (χ4v) is 7.00. The van der Waals surface area contributed by atoms with E-state index in [1.54, 1.807) is 25.2 Å². The molecule has 0 radical (unpaired) electrons. The van der Waals surface area contributed by atoms with Gasteiger partial charge in [0, 0.05) is 20.2 Å². The molecule has 3 aromatic rings. The number of hydrogen-bond donors (Lipinski definition) is 2. The summed E-state index contributed by atoms with van der Waals surface area (Å²) < 4.78 is 27.0. The molecule has 1 aliphatic carbocycles. The molecular formula is C22H24N2O2S2. The average Bonchev–Trinajstić information content (AvgIpc) is 3.40. The Morgan fingerprint density at radius 1 is 1.04 bits per heavy atom. The van der Waals surface area contributed by atoms with Gasteiger partial charge >= 0.3 is 0 Å². The van der Waals surface area contributed by atoms with Gasteiger partial charge in [-0.15, -0.1) is 11.3 Å². The van der Waals surface area contributed by atoms with Gasteiger partial charge in [0.2, 0.25) is 0 Å². The largest absolute Gasteiger partial charge is 0.362 e. The number of amidine groups is 1. The molecule has 1 aliphatic heterocycles. The first-order chi connectivity index (χ1) is 13.1. The first-order valence-corrected chi connectivity index (χ1v) is 12.1. The summed E-state index contributed by atoms with van der Waals surface area (Å²) in [4.78, 5) is 0. The highest BCUT2D eigenvalue weighted by atomic mass is 32.2. The van der Waals surface area contributed by atoms with Gasteiger partial charge in [-0.3, -0.25) is 5.41 Å². The molecule has 2 aliphatic rings. The number of fused-ring (bicyclic) bond motifs is 3. The molecule has 0 amide bonds. The number of thiophene rings is 1. The summed E-state index contributed by atoms with van der Waals surface area (Å²) in [5, 5.41) is 13.9. The fraction of sp³-hybridized carbons (Fsp3) is 0.409. The van der Waals surface area contributed by atoms with E-state index in [9.17, 15) is 8.42 Å². The molecule has 2 heterocycles. The lowest BCUT2D eigenvalue weighted by Gasteiger charge is -2.43. The molecule has 1 atom stereocenters. The van der Waals surface area contributed by atoms with Crippen molar-refractivity contribution < 1.29 is 8.42 Å². The van der Waals surface area contributed by atoms with E-state index in [4.69, 9.17) is 5.41 Å². The maximum absolute atomic E-state index is 12.9. The minimum absolute atomic E-state index is 0.0191. The summed E-state index contributed by atoms with van der Waals surface area (Å²) in [6.07, 6.45) is 2.59. The highest BCUT2D eigenvalue weighted by Crippen LogP contribution is 2.44. The summed E-state index contributed by atoms with van der Waals surface area (Å²) in [5.74, 6) is 0.773. The first-order valence-electron chi connectivity index (χ1n) is 9.67. The Labute approximate surface area is 169 Å². The molecule has 0 spiro atoms. The monoisotopic (exact) mass is 412 g/mol. The average molecular weight is 413 g/mol. The maximum atomic E-state index is 12.9. The van der Waals surface area contributed by atoms with E-state index in [1.807, 2.05) is 13.0 Å². The topological polar surface area (TPSA) is 70.0 Å². The van der Waals surface area contributed by atoms with Crippen LogP contribution in [0.15, 0.2) is 36.4 Å². The molecule has 6 heteroatoms. The van der Waals surface area contributed by atoms with Crippen LogP contribution < -0.4 is 5.32 Å². The van der Waals surface area contributed by atoms with Crippen molar-refractivity contribution in [2.75, 3.05) is 5.75 Å². The van der Waals surface area contributed by atoms with Crippen molar-refractivity contribution in [2.45, 2.75) is 49.8 Å². The van der Waals surface area contributed by atoms with Crippen LogP contribution in [-0.2, 0) is 15.4 Å². The second-order valence-electron chi connectivity index (χ2n) is 8.94. The van der Waals surface area contributed by atoms with Crippen molar-refractivity contribution in [3.05, 3.63) is 47.5 Å². The van der Waals surface area contributed by atoms with Crippen LogP contribution in [0.3, 0.4) is 0 Å². The Morgan fingerprint density at radius 2 is 1.79 bits per heavy atom. The smallest absolute Gasteiger partial charge is 0.165 e. The van der Waals surface area contributed by atoms with Crippen LogP contribution in [0.2, 0.25) is 0 Å². The third-order valence-electron chi connectivity index (χ3n) is 6.44. The Balaban J connectivity index is 1.63. The molecule has 4 nitrogen and oxygen atoms in total. The molecule has 1 aromatic heterocycles. The lowest BCUT2D eigenvalue weighted by molar-refractivity contribution is 0.443. The standard InChI is InChI=1S/C22H24N2O2S2/c1-21(2)20(23)24-22(3,12-28(21,25)26)15-7-9-18-17(11-15)16-8-6-14(13-4-5-13)10-19(16)27-18/h6-11,13H,4-5,12H2,1-3H3,(H2,23,24)/t22-/m0/s1. The lowest BCUT2D eigenvalue weighted by atomic mass is 9.91. The summed E-state index contributed by atoms with van der Waals surface area (Å²) in [7, 11) is -3.44.